The molecule has 3 N–H and O–H groups in total. The van der Waals surface area contributed by atoms with E-state index in [0.717, 1.165) is 13.0 Å². The minimum Gasteiger partial charge on any atom is -0.338 e. The summed E-state index contributed by atoms with van der Waals surface area (Å²) in [6.07, 6.45) is 0.942. The van der Waals surface area contributed by atoms with Gasteiger partial charge in [-0.15, -0.1) is 0 Å². The Morgan fingerprint density at radius 2 is 2.23 bits per heavy atom. The van der Waals surface area contributed by atoms with E-state index in [1.165, 1.54) is 0 Å². The third kappa shape index (κ3) is 2.76. The number of nitrogens with two attached hydrogens (primary N) is 1. The Labute approximate surface area is 134 Å². The predicted octanol–water partition coefficient (Wildman–Crippen LogP) is 1.29. The third-order valence-electron chi connectivity index (χ3n) is 4.25. The van der Waals surface area contributed by atoms with Gasteiger partial charge >= 0.3 is 6.03 Å². The van der Waals surface area contributed by atoms with Gasteiger partial charge in [-0.25, -0.2) is 4.79 Å². The van der Waals surface area contributed by atoms with Crippen molar-refractivity contribution in [2.45, 2.75) is 6.42 Å². The lowest BCUT2D eigenvalue weighted by atomic mass is 10.1. The Morgan fingerprint density at radius 3 is 2.86 bits per heavy atom. The van der Waals surface area contributed by atoms with Crippen LogP contribution in [0.2, 0.25) is 5.02 Å². The summed E-state index contributed by atoms with van der Waals surface area (Å²) in [5, 5.41) is 3.20. The number of hydrogen-bond acceptors (Lipinski definition) is 3. The summed E-state index contributed by atoms with van der Waals surface area (Å²) in [4.78, 5) is 27.8. The van der Waals surface area contributed by atoms with Crippen molar-refractivity contribution in [2.24, 2.45) is 11.7 Å². The molecule has 0 aromatic heterocycles. The third-order valence-corrected chi connectivity index (χ3v) is 4.57. The first kappa shape index (κ1) is 15.1. The first-order chi connectivity index (χ1) is 10.6. The average Bonchev–Trinajstić information content (AvgIpc) is 3.16. The molecule has 1 atom stereocenters. The van der Waals surface area contributed by atoms with E-state index in [0.29, 0.717) is 48.4 Å². The molecule has 0 aliphatic carbocycles. The number of anilines is 1. The molecule has 2 aliphatic rings. The van der Waals surface area contributed by atoms with Crippen molar-refractivity contribution in [3.05, 3.63) is 28.8 Å². The highest BCUT2D eigenvalue weighted by Gasteiger charge is 2.28. The molecule has 7 heteroatoms. The van der Waals surface area contributed by atoms with Crippen LogP contribution in [0.5, 0.6) is 0 Å². The number of halogens is 1. The number of nitrogens with zero attached hydrogens (tertiary/aromatic N) is 2. The smallest absolute Gasteiger partial charge is 0.322 e. The van der Waals surface area contributed by atoms with Gasteiger partial charge in [0.25, 0.3) is 5.91 Å². The Kier molecular flexibility index (Phi) is 4.22. The first-order valence-corrected chi connectivity index (χ1v) is 7.82. The second-order valence-corrected chi connectivity index (χ2v) is 6.10. The highest BCUT2D eigenvalue weighted by atomic mass is 35.5. The van der Waals surface area contributed by atoms with Crippen molar-refractivity contribution >= 4 is 29.2 Å². The number of likely N-dealkylation sites (tertiary alicyclic amines) is 1. The van der Waals surface area contributed by atoms with Gasteiger partial charge in [-0.1, -0.05) is 11.6 Å². The molecule has 2 heterocycles. The van der Waals surface area contributed by atoms with Gasteiger partial charge in [0.15, 0.2) is 0 Å². The quantitative estimate of drug-likeness (QED) is 0.880. The van der Waals surface area contributed by atoms with Crippen LogP contribution < -0.4 is 16.0 Å². The Bertz CT molecular complexity index is 607. The Hall–Kier alpha value is -1.79. The van der Waals surface area contributed by atoms with E-state index in [-0.39, 0.29) is 11.9 Å². The largest absolute Gasteiger partial charge is 0.338 e. The number of amides is 3. The number of urea groups is 1. The fraction of sp³-hybridized carbons (Fsp3) is 0.467. The molecular formula is C15H19ClN4O2. The van der Waals surface area contributed by atoms with Crippen LogP contribution in [0, 0.1) is 5.92 Å². The van der Waals surface area contributed by atoms with Gasteiger partial charge in [0, 0.05) is 31.7 Å². The molecule has 0 radical (unpaired) electrons. The molecule has 2 saturated heterocycles. The highest BCUT2D eigenvalue weighted by molar-refractivity contribution is 6.34. The molecule has 0 spiro atoms. The maximum absolute atomic E-state index is 12.6. The summed E-state index contributed by atoms with van der Waals surface area (Å²) >= 11 is 6.19. The lowest BCUT2D eigenvalue weighted by Crippen LogP contribution is -2.31. The van der Waals surface area contributed by atoms with Crippen LogP contribution in [0.25, 0.3) is 0 Å². The molecule has 2 fully saturated rings. The second-order valence-electron chi connectivity index (χ2n) is 5.69. The van der Waals surface area contributed by atoms with Crippen LogP contribution in [0.1, 0.15) is 16.8 Å². The van der Waals surface area contributed by atoms with Crippen LogP contribution in [-0.4, -0.2) is 49.6 Å². The first-order valence-electron chi connectivity index (χ1n) is 7.44. The summed E-state index contributed by atoms with van der Waals surface area (Å²) in [7, 11) is 0. The standard InChI is InChI=1S/C15H19ClN4O2/c16-12-2-1-11(7-13(12)20-6-4-18-15(20)22)14(21)19-5-3-10(8-17)9-19/h1-2,7,10H,3-6,8-9,17H2,(H,18,22). The summed E-state index contributed by atoms with van der Waals surface area (Å²) in [6.45, 7) is 3.15. The van der Waals surface area contributed by atoms with Crippen molar-refractivity contribution < 1.29 is 9.59 Å². The predicted molar refractivity (Wildman–Crippen MR) is 85.3 cm³/mol. The van der Waals surface area contributed by atoms with E-state index in [2.05, 4.69) is 5.32 Å². The van der Waals surface area contributed by atoms with Crippen LogP contribution in [0.4, 0.5) is 10.5 Å². The van der Waals surface area contributed by atoms with E-state index in [9.17, 15) is 9.59 Å². The van der Waals surface area contributed by atoms with Crippen molar-refractivity contribution in [1.29, 1.82) is 0 Å². The molecule has 0 saturated carbocycles. The van der Waals surface area contributed by atoms with Crippen LogP contribution in [-0.2, 0) is 0 Å². The van der Waals surface area contributed by atoms with Crippen LogP contribution >= 0.6 is 11.6 Å². The number of carbonyl (C=O) groups excluding carboxylic acids is 2. The summed E-state index contributed by atoms with van der Waals surface area (Å²) < 4.78 is 0. The maximum Gasteiger partial charge on any atom is 0.322 e. The molecule has 1 unspecified atom stereocenters. The molecule has 1 aromatic rings. The minimum atomic E-state index is -0.184. The van der Waals surface area contributed by atoms with E-state index >= 15 is 0 Å². The Morgan fingerprint density at radius 1 is 1.41 bits per heavy atom. The molecular weight excluding hydrogens is 304 g/mol. The fourth-order valence-electron chi connectivity index (χ4n) is 2.95. The normalized spacial score (nSPS) is 21.4. The summed E-state index contributed by atoms with van der Waals surface area (Å²) in [5.74, 6) is 0.341. The average molecular weight is 323 g/mol. The summed E-state index contributed by atoms with van der Waals surface area (Å²) in [5.41, 5.74) is 6.80. The number of benzene rings is 1. The van der Waals surface area contributed by atoms with Crippen molar-refractivity contribution in [2.75, 3.05) is 37.6 Å². The highest BCUT2D eigenvalue weighted by Crippen LogP contribution is 2.29. The lowest BCUT2D eigenvalue weighted by molar-refractivity contribution is 0.0787. The molecule has 6 nitrogen and oxygen atoms in total. The minimum absolute atomic E-state index is 0.0338. The molecule has 3 amide bonds. The Balaban J connectivity index is 1.83. The van der Waals surface area contributed by atoms with Crippen molar-refractivity contribution in [3.63, 3.8) is 0 Å². The lowest BCUT2D eigenvalue weighted by Gasteiger charge is -2.20. The van der Waals surface area contributed by atoms with E-state index in [1.807, 2.05) is 4.90 Å². The van der Waals surface area contributed by atoms with Gasteiger partial charge in [0.05, 0.1) is 10.7 Å². The molecule has 0 bridgehead atoms. The SMILES string of the molecule is NCC1CCN(C(=O)c2ccc(Cl)c(N3CCNC3=O)c2)C1. The zero-order chi connectivity index (χ0) is 15.7. The molecule has 3 rings (SSSR count). The number of nitrogens with one attached hydrogen (secondary N) is 1. The number of carbonyl (C=O) groups is 2. The van der Waals surface area contributed by atoms with Crippen LogP contribution in [0.3, 0.4) is 0 Å². The van der Waals surface area contributed by atoms with Crippen molar-refractivity contribution in [3.8, 4) is 0 Å². The van der Waals surface area contributed by atoms with Gasteiger partial charge in [-0.05, 0) is 37.1 Å². The van der Waals surface area contributed by atoms with Crippen LogP contribution in [0.15, 0.2) is 18.2 Å². The van der Waals surface area contributed by atoms with Gasteiger partial charge in [0.2, 0.25) is 0 Å². The maximum atomic E-state index is 12.6. The zero-order valence-corrected chi connectivity index (χ0v) is 13.0. The molecule has 22 heavy (non-hydrogen) atoms. The van der Waals surface area contributed by atoms with E-state index in [1.54, 1.807) is 23.1 Å². The number of rotatable bonds is 3. The fourth-order valence-corrected chi connectivity index (χ4v) is 3.17. The zero-order valence-electron chi connectivity index (χ0n) is 12.2. The number of hydrogen-bond donors (Lipinski definition) is 2. The second kappa shape index (κ2) is 6.14. The molecule has 1 aromatic carbocycles. The van der Waals surface area contributed by atoms with Gasteiger partial charge in [-0.2, -0.15) is 0 Å². The van der Waals surface area contributed by atoms with E-state index in [4.69, 9.17) is 17.3 Å². The summed E-state index contributed by atoms with van der Waals surface area (Å²) in [6, 6.07) is 4.89. The van der Waals surface area contributed by atoms with Gasteiger partial charge < -0.3 is 16.0 Å². The van der Waals surface area contributed by atoms with E-state index < -0.39 is 0 Å². The topological polar surface area (TPSA) is 78.7 Å². The molecule has 2 aliphatic heterocycles. The monoisotopic (exact) mass is 322 g/mol. The van der Waals surface area contributed by atoms with Crippen molar-refractivity contribution in [1.82, 2.24) is 10.2 Å². The molecule has 118 valence electrons. The van der Waals surface area contributed by atoms with Gasteiger partial charge in [0.1, 0.15) is 0 Å². The van der Waals surface area contributed by atoms with Gasteiger partial charge in [-0.3, -0.25) is 9.69 Å².